The molecule has 0 aromatic rings. The fourth-order valence-electron chi connectivity index (χ4n) is 3.33. The highest BCUT2D eigenvalue weighted by Gasteiger charge is 2.31. The molecule has 0 fully saturated rings. The molecular weight excluding hydrogens is 402 g/mol. The zero-order valence-corrected chi connectivity index (χ0v) is 19.2. The Morgan fingerprint density at radius 1 is 0.903 bits per heavy atom. The van der Waals surface area contributed by atoms with Gasteiger partial charge >= 0.3 is 5.97 Å². The Bertz CT molecular complexity index is 608. The summed E-state index contributed by atoms with van der Waals surface area (Å²) in [5.74, 6) is -3.75. The summed E-state index contributed by atoms with van der Waals surface area (Å²) in [6.07, 6.45) is 9.46. The summed E-state index contributed by atoms with van der Waals surface area (Å²) in [5.41, 5.74) is 5.21. The molecule has 9 heteroatoms. The number of aliphatic carboxylic acids is 1. The molecule has 9 nitrogen and oxygen atoms in total. The lowest BCUT2D eigenvalue weighted by Crippen LogP contribution is -2.54. The second kappa shape index (κ2) is 16.3. The largest absolute Gasteiger partial charge is 0.481 e. The summed E-state index contributed by atoms with van der Waals surface area (Å²) < 4.78 is 0. The van der Waals surface area contributed by atoms with E-state index in [2.05, 4.69) is 12.2 Å². The van der Waals surface area contributed by atoms with Gasteiger partial charge in [0.05, 0.1) is 0 Å². The molecule has 0 bridgehead atoms. The van der Waals surface area contributed by atoms with Crippen molar-refractivity contribution in [3.8, 4) is 0 Å². The zero-order chi connectivity index (χ0) is 23.8. The molecule has 2 atom stereocenters. The number of carboxylic acids is 1. The summed E-state index contributed by atoms with van der Waals surface area (Å²) in [4.78, 5) is 60.0. The van der Waals surface area contributed by atoms with Gasteiger partial charge in [0.25, 0.3) is 0 Å². The molecule has 4 N–H and O–H groups in total. The summed E-state index contributed by atoms with van der Waals surface area (Å²) in [6, 6.07) is -2.32. The van der Waals surface area contributed by atoms with E-state index in [1.165, 1.54) is 46.0 Å². The monoisotopic (exact) mass is 441 g/mol. The van der Waals surface area contributed by atoms with Gasteiger partial charge < -0.3 is 16.2 Å². The maximum atomic E-state index is 12.5. The lowest BCUT2D eigenvalue weighted by atomic mass is 10.1. The van der Waals surface area contributed by atoms with Crippen LogP contribution in [0.1, 0.15) is 97.8 Å². The molecule has 0 saturated carbocycles. The summed E-state index contributed by atoms with van der Waals surface area (Å²) in [5, 5.41) is 11.1. The van der Waals surface area contributed by atoms with Crippen LogP contribution in [0.3, 0.4) is 0 Å². The number of amides is 4. The number of carbonyl (C=O) groups is 5. The molecule has 0 aromatic carbocycles. The third kappa shape index (κ3) is 12.8. The van der Waals surface area contributed by atoms with E-state index < -0.39 is 41.7 Å². The first kappa shape index (κ1) is 28.5. The summed E-state index contributed by atoms with van der Waals surface area (Å²) >= 11 is 0. The van der Waals surface area contributed by atoms with E-state index in [9.17, 15) is 24.0 Å². The van der Waals surface area contributed by atoms with Crippen LogP contribution in [0, 0.1) is 0 Å². The molecule has 0 spiro atoms. The minimum absolute atomic E-state index is 0.158. The van der Waals surface area contributed by atoms with Gasteiger partial charge in [0.15, 0.2) is 0 Å². The van der Waals surface area contributed by atoms with E-state index in [1.54, 1.807) is 0 Å². The molecule has 0 aliphatic heterocycles. The number of imide groups is 1. The van der Waals surface area contributed by atoms with Crippen molar-refractivity contribution in [1.82, 2.24) is 10.2 Å². The van der Waals surface area contributed by atoms with E-state index in [0.29, 0.717) is 6.42 Å². The Labute approximate surface area is 185 Å². The van der Waals surface area contributed by atoms with Crippen molar-refractivity contribution in [2.75, 3.05) is 0 Å². The van der Waals surface area contributed by atoms with E-state index in [4.69, 9.17) is 10.8 Å². The number of carbonyl (C=O) groups excluding carboxylic acids is 4. The van der Waals surface area contributed by atoms with Gasteiger partial charge in [0.2, 0.25) is 23.6 Å². The number of nitrogens with one attached hydrogen (secondary N) is 1. The van der Waals surface area contributed by atoms with Crippen molar-refractivity contribution in [1.29, 1.82) is 0 Å². The van der Waals surface area contributed by atoms with Gasteiger partial charge in [-0.05, 0) is 19.8 Å². The van der Waals surface area contributed by atoms with Gasteiger partial charge in [-0.2, -0.15) is 0 Å². The Hall–Kier alpha value is -2.45. The van der Waals surface area contributed by atoms with Crippen LogP contribution < -0.4 is 11.1 Å². The Kier molecular flexibility index (Phi) is 15.0. The Morgan fingerprint density at radius 2 is 1.42 bits per heavy atom. The standard InChI is InChI=1S/C22H39N3O6/c1-4-5-6-7-8-9-10-11-12-13-19(27)25(17(3)26)16(2)22(31)24-18(21(23)30)14-15-20(28)29/h16,18H,4-15H2,1-3H3,(H2,23,30)(H,24,31)(H,28,29). The Morgan fingerprint density at radius 3 is 1.87 bits per heavy atom. The average Bonchev–Trinajstić information content (AvgIpc) is 2.68. The van der Waals surface area contributed by atoms with Crippen LogP contribution in [-0.4, -0.2) is 51.7 Å². The zero-order valence-electron chi connectivity index (χ0n) is 19.2. The molecule has 0 radical (unpaired) electrons. The quantitative estimate of drug-likeness (QED) is 0.295. The number of rotatable bonds is 17. The fourth-order valence-corrected chi connectivity index (χ4v) is 3.33. The molecular formula is C22H39N3O6. The van der Waals surface area contributed by atoms with Gasteiger partial charge in [-0.15, -0.1) is 0 Å². The number of carboxylic acid groups (broad SMARTS) is 1. The normalized spacial score (nSPS) is 12.6. The summed E-state index contributed by atoms with van der Waals surface area (Å²) in [7, 11) is 0. The highest BCUT2D eigenvalue weighted by molar-refractivity contribution is 6.00. The number of unbranched alkanes of at least 4 members (excludes halogenated alkanes) is 8. The number of primary amides is 1. The van der Waals surface area contributed by atoms with Crippen LogP contribution in [-0.2, 0) is 24.0 Å². The number of nitrogens with zero attached hydrogens (tertiary/aromatic N) is 1. The van der Waals surface area contributed by atoms with Crippen molar-refractivity contribution >= 4 is 29.6 Å². The van der Waals surface area contributed by atoms with Gasteiger partial charge in [-0.25, -0.2) is 0 Å². The maximum absolute atomic E-state index is 12.5. The maximum Gasteiger partial charge on any atom is 0.303 e. The number of hydrogen-bond acceptors (Lipinski definition) is 5. The van der Waals surface area contributed by atoms with Gasteiger partial charge in [-0.1, -0.05) is 58.3 Å². The first-order valence-electron chi connectivity index (χ1n) is 11.3. The third-order valence-electron chi connectivity index (χ3n) is 5.18. The van der Waals surface area contributed by atoms with Gasteiger partial charge in [-0.3, -0.25) is 28.9 Å². The molecule has 0 aliphatic carbocycles. The van der Waals surface area contributed by atoms with Crippen molar-refractivity contribution < 1.29 is 29.1 Å². The molecule has 4 amide bonds. The lowest BCUT2D eigenvalue weighted by Gasteiger charge is -2.27. The number of nitrogens with two attached hydrogens (primary N) is 1. The molecule has 2 unspecified atom stereocenters. The minimum atomic E-state index is -1.19. The minimum Gasteiger partial charge on any atom is -0.481 e. The molecule has 0 rings (SSSR count). The second-order valence-electron chi connectivity index (χ2n) is 7.93. The van der Waals surface area contributed by atoms with E-state index in [1.807, 2.05) is 0 Å². The van der Waals surface area contributed by atoms with E-state index >= 15 is 0 Å². The topological polar surface area (TPSA) is 147 Å². The highest BCUT2D eigenvalue weighted by Crippen LogP contribution is 2.13. The van der Waals surface area contributed by atoms with Crippen LogP contribution in [0.25, 0.3) is 0 Å². The van der Waals surface area contributed by atoms with Crippen LogP contribution in [0.2, 0.25) is 0 Å². The van der Waals surface area contributed by atoms with Crippen molar-refractivity contribution in [2.45, 2.75) is 110 Å². The molecule has 0 aliphatic rings. The van der Waals surface area contributed by atoms with Crippen LogP contribution in [0.4, 0.5) is 0 Å². The first-order chi connectivity index (χ1) is 14.6. The molecule has 0 heterocycles. The van der Waals surface area contributed by atoms with Gasteiger partial charge in [0, 0.05) is 19.8 Å². The fraction of sp³-hybridized carbons (Fsp3) is 0.773. The van der Waals surface area contributed by atoms with E-state index in [0.717, 1.165) is 24.2 Å². The Balaban J connectivity index is 4.57. The summed E-state index contributed by atoms with van der Waals surface area (Å²) in [6.45, 7) is 4.77. The molecule has 178 valence electrons. The van der Waals surface area contributed by atoms with Gasteiger partial charge in [0.1, 0.15) is 12.1 Å². The lowest BCUT2D eigenvalue weighted by molar-refractivity contribution is -0.150. The molecule has 0 aromatic heterocycles. The van der Waals surface area contributed by atoms with Crippen molar-refractivity contribution in [3.05, 3.63) is 0 Å². The van der Waals surface area contributed by atoms with Crippen LogP contribution in [0.15, 0.2) is 0 Å². The molecule has 0 saturated heterocycles. The third-order valence-corrected chi connectivity index (χ3v) is 5.18. The second-order valence-corrected chi connectivity index (χ2v) is 7.93. The smallest absolute Gasteiger partial charge is 0.303 e. The molecule has 31 heavy (non-hydrogen) atoms. The SMILES string of the molecule is CCCCCCCCCCCC(=O)N(C(C)=O)C(C)C(=O)NC(CCC(=O)O)C(N)=O. The van der Waals surface area contributed by atoms with Crippen molar-refractivity contribution in [3.63, 3.8) is 0 Å². The first-order valence-corrected chi connectivity index (χ1v) is 11.3. The van der Waals surface area contributed by atoms with Crippen LogP contribution in [0.5, 0.6) is 0 Å². The average molecular weight is 442 g/mol. The predicted octanol–water partition coefficient (Wildman–Crippen LogP) is 2.51. The van der Waals surface area contributed by atoms with E-state index in [-0.39, 0.29) is 19.3 Å². The number of hydrogen-bond donors (Lipinski definition) is 3. The van der Waals surface area contributed by atoms with Crippen LogP contribution >= 0.6 is 0 Å². The highest BCUT2D eigenvalue weighted by atomic mass is 16.4. The predicted molar refractivity (Wildman–Crippen MR) is 117 cm³/mol. The van der Waals surface area contributed by atoms with Crippen molar-refractivity contribution in [2.24, 2.45) is 5.73 Å².